The molecule has 3 nitrogen and oxygen atoms in total. The molecule has 19 heavy (non-hydrogen) atoms. The standard InChI is InChI=1S/C14H13FN2O.ClH/c1-10(18)17-9-11-2-3-14(15)13(8-11)12-4-6-16-7-5-12;/h2-8H,9H2,1H3,(H,17,18);1H. The van der Waals surface area contributed by atoms with Gasteiger partial charge in [-0.1, -0.05) is 6.07 Å². The van der Waals surface area contributed by atoms with Gasteiger partial charge in [0.1, 0.15) is 5.82 Å². The Morgan fingerprint density at radius 2 is 1.95 bits per heavy atom. The van der Waals surface area contributed by atoms with Gasteiger partial charge in [-0.25, -0.2) is 4.39 Å². The number of halogens is 2. The molecule has 5 heteroatoms. The molecule has 0 unspecified atom stereocenters. The molecule has 0 radical (unpaired) electrons. The molecule has 1 aromatic carbocycles. The van der Waals surface area contributed by atoms with E-state index in [2.05, 4.69) is 10.3 Å². The van der Waals surface area contributed by atoms with Crippen molar-refractivity contribution in [2.24, 2.45) is 0 Å². The monoisotopic (exact) mass is 280 g/mol. The van der Waals surface area contributed by atoms with E-state index in [4.69, 9.17) is 0 Å². The van der Waals surface area contributed by atoms with E-state index < -0.39 is 0 Å². The Labute approximate surface area is 117 Å². The minimum absolute atomic E-state index is 0. The fraction of sp³-hybridized carbons (Fsp3) is 0.143. The topological polar surface area (TPSA) is 42.0 Å². The van der Waals surface area contributed by atoms with Gasteiger partial charge in [0, 0.05) is 31.4 Å². The van der Waals surface area contributed by atoms with Crippen LogP contribution < -0.4 is 5.32 Å². The highest BCUT2D eigenvalue weighted by atomic mass is 35.5. The van der Waals surface area contributed by atoms with Gasteiger partial charge in [0.25, 0.3) is 0 Å². The fourth-order valence-corrected chi connectivity index (χ4v) is 1.66. The lowest BCUT2D eigenvalue weighted by molar-refractivity contribution is -0.119. The summed E-state index contributed by atoms with van der Waals surface area (Å²) in [6.45, 7) is 1.85. The van der Waals surface area contributed by atoms with E-state index in [1.807, 2.05) is 0 Å². The maximum atomic E-state index is 13.7. The van der Waals surface area contributed by atoms with Crippen molar-refractivity contribution < 1.29 is 9.18 Å². The molecule has 0 atom stereocenters. The number of carbonyl (C=O) groups excluding carboxylic acids is 1. The highest BCUT2D eigenvalue weighted by Gasteiger charge is 2.06. The zero-order valence-corrected chi connectivity index (χ0v) is 11.2. The smallest absolute Gasteiger partial charge is 0.217 e. The molecule has 1 N–H and O–H groups in total. The number of nitrogens with one attached hydrogen (secondary N) is 1. The van der Waals surface area contributed by atoms with Crippen LogP contribution in [0.15, 0.2) is 42.7 Å². The zero-order valence-electron chi connectivity index (χ0n) is 10.4. The normalized spacial score (nSPS) is 9.58. The lowest BCUT2D eigenvalue weighted by Gasteiger charge is -2.07. The first-order valence-corrected chi connectivity index (χ1v) is 5.60. The van der Waals surface area contributed by atoms with Gasteiger partial charge < -0.3 is 5.32 Å². The first-order chi connectivity index (χ1) is 8.66. The number of rotatable bonds is 3. The van der Waals surface area contributed by atoms with Crippen LogP contribution in [-0.4, -0.2) is 10.9 Å². The van der Waals surface area contributed by atoms with Gasteiger partial charge in [-0.05, 0) is 35.4 Å². The summed E-state index contributed by atoms with van der Waals surface area (Å²) in [7, 11) is 0. The molecule has 0 aliphatic carbocycles. The molecule has 1 amide bonds. The number of amides is 1. The van der Waals surface area contributed by atoms with Crippen molar-refractivity contribution in [1.82, 2.24) is 10.3 Å². The van der Waals surface area contributed by atoms with E-state index in [1.165, 1.54) is 13.0 Å². The Morgan fingerprint density at radius 3 is 2.58 bits per heavy atom. The molecule has 0 aliphatic rings. The third-order valence-electron chi connectivity index (χ3n) is 2.56. The summed E-state index contributed by atoms with van der Waals surface area (Å²) in [6, 6.07) is 8.31. The quantitative estimate of drug-likeness (QED) is 0.939. The van der Waals surface area contributed by atoms with Gasteiger partial charge in [-0.3, -0.25) is 9.78 Å². The lowest BCUT2D eigenvalue weighted by atomic mass is 10.0. The SMILES string of the molecule is CC(=O)NCc1ccc(F)c(-c2ccncc2)c1.Cl. The highest BCUT2D eigenvalue weighted by molar-refractivity contribution is 5.85. The molecule has 2 aromatic rings. The lowest BCUT2D eigenvalue weighted by Crippen LogP contribution is -2.18. The van der Waals surface area contributed by atoms with E-state index in [0.29, 0.717) is 12.1 Å². The van der Waals surface area contributed by atoms with E-state index in [-0.39, 0.29) is 24.1 Å². The molecule has 2 rings (SSSR count). The molecule has 0 spiro atoms. The zero-order chi connectivity index (χ0) is 13.0. The van der Waals surface area contributed by atoms with Gasteiger partial charge in [0.2, 0.25) is 5.91 Å². The van der Waals surface area contributed by atoms with Crippen LogP contribution in [0.25, 0.3) is 11.1 Å². The van der Waals surface area contributed by atoms with Gasteiger partial charge in [0.05, 0.1) is 0 Å². The minimum Gasteiger partial charge on any atom is -0.352 e. The predicted octanol–water partition coefficient (Wildman–Crippen LogP) is 2.95. The minimum atomic E-state index is -0.284. The van der Waals surface area contributed by atoms with Gasteiger partial charge in [0.15, 0.2) is 0 Å². The number of aromatic nitrogens is 1. The van der Waals surface area contributed by atoms with Crippen molar-refractivity contribution >= 4 is 18.3 Å². The summed E-state index contributed by atoms with van der Waals surface area (Å²) >= 11 is 0. The number of pyridine rings is 1. The summed E-state index contributed by atoms with van der Waals surface area (Å²) in [5, 5.41) is 2.69. The molecular formula is C14H14ClFN2O. The van der Waals surface area contributed by atoms with E-state index in [0.717, 1.165) is 11.1 Å². The second-order valence-electron chi connectivity index (χ2n) is 3.96. The van der Waals surface area contributed by atoms with Crippen molar-refractivity contribution in [2.75, 3.05) is 0 Å². The van der Waals surface area contributed by atoms with Crippen LogP contribution in [-0.2, 0) is 11.3 Å². The molecule has 1 heterocycles. The summed E-state index contributed by atoms with van der Waals surface area (Å²) in [4.78, 5) is 14.7. The Bertz CT molecular complexity index is 561. The molecule has 0 saturated carbocycles. The van der Waals surface area contributed by atoms with Gasteiger partial charge in [-0.2, -0.15) is 0 Å². The average molecular weight is 281 g/mol. The van der Waals surface area contributed by atoms with E-state index >= 15 is 0 Å². The second-order valence-corrected chi connectivity index (χ2v) is 3.96. The van der Waals surface area contributed by atoms with Crippen LogP contribution in [0, 0.1) is 5.82 Å². The average Bonchev–Trinajstić information content (AvgIpc) is 2.38. The first-order valence-electron chi connectivity index (χ1n) is 5.60. The number of carbonyl (C=O) groups is 1. The van der Waals surface area contributed by atoms with Crippen LogP contribution in [0.2, 0.25) is 0 Å². The summed E-state index contributed by atoms with van der Waals surface area (Å²) in [5.41, 5.74) is 2.14. The number of nitrogens with zero attached hydrogens (tertiary/aromatic N) is 1. The van der Waals surface area contributed by atoms with Crippen LogP contribution in [0.5, 0.6) is 0 Å². The Kier molecular flexibility index (Phi) is 5.45. The van der Waals surface area contributed by atoms with Crippen molar-refractivity contribution in [3.05, 3.63) is 54.1 Å². The van der Waals surface area contributed by atoms with Crippen LogP contribution in [0.1, 0.15) is 12.5 Å². The second kappa shape index (κ2) is 6.85. The molecule has 0 bridgehead atoms. The van der Waals surface area contributed by atoms with E-state index in [1.54, 1.807) is 36.7 Å². The number of hydrogen-bond donors (Lipinski definition) is 1. The maximum absolute atomic E-state index is 13.7. The van der Waals surface area contributed by atoms with Crippen LogP contribution in [0.4, 0.5) is 4.39 Å². The predicted molar refractivity (Wildman–Crippen MR) is 74.4 cm³/mol. The molecule has 0 aliphatic heterocycles. The highest BCUT2D eigenvalue weighted by Crippen LogP contribution is 2.23. The van der Waals surface area contributed by atoms with E-state index in [9.17, 15) is 9.18 Å². The number of benzene rings is 1. The van der Waals surface area contributed by atoms with Crippen molar-refractivity contribution in [3.63, 3.8) is 0 Å². The molecule has 100 valence electrons. The molecule has 1 aromatic heterocycles. The fourth-order valence-electron chi connectivity index (χ4n) is 1.66. The summed E-state index contributed by atoms with van der Waals surface area (Å²) in [6.07, 6.45) is 3.24. The Hall–Kier alpha value is -1.94. The largest absolute Gasteiger partial charge is 0.352 e. The third kappa shape index (κ3) is 4.03. The molecular weight excluding hydrogens is 267 g/mol. The van der Waals surface area contributed by atoms with Crippen molar-refractivity contribution in [2.45, 2.75) is 13.5 Å². The Balaban J connectivity index is 0.00000180. The van der Waals surface area contributed by atoms with Gasteiger partial charge >= 0.3 is 0 Å². The first kappa shape index (κ1) is 15.1. The summed E-state index contributed by atoms with van der Waals surface area (Å²) in [5.74, 6) is -0.391. The maximum Gasteiger partial charge on any atom is 0.217 e. The molecule has 0 saturated heterocycles. The Morgan fingerprint density at radius 1 is 1.26 bits per heavy atom. The number of hydrogen-bond acceptors (Lipinski definition) is 2. The van der Waals surface area contributed by atoms with Crippen LogP contribution >= 0.6 is 12.4 Å². The molecule has 0 fully saturated rings. The van der Waals surface area contributed by atoms with Crippen molar-refractivity contribution in [1.29, 1.82) is 0 Å². The van der Waals surface area contributed by atoms with Crippen molar-refractivity contribution in [3.8, 4) is 11.1 Å². The van der Waals surface area contributed by atoms with Gasteiger partial charge in [-0.15, -0.1) is 12.4 Å². The summed E-state index contributed by atoms with van der Waals surface area (Å²) < 4.78 is 13.7. The third-order valence-corrected chi connectivity index (χ3v) is 2.56. The van der Waals surface area contributed by atoms with Crippen LogP contribution in [0.3, 0.4) is 0 Å².